The zero-order valence-corrected chi connectivity index (χ0v) is 17.1. The number of Topliss-reactive ketones (excluding diaryl/α,β-unsaturated/α-hetero) is 1. The normalized spacial score (nSPS) is 18.5. The predicted octanol–water partition coefficient (Wildman–Crippen LogP) is 3.80. The number of ketones is 1. The number of benzene rings is 2. The lowest BCUT2D eigenvalue weighted by molar-refractivity contribution is -0.141. The highest BCUT2D eigenvalue weighted by atomic mass is 16.5. The highest BCUT2D eigenvalue weighted by molar-refractivity contribution is 6.09. The van der Waals surface area contributed by atoms with Crippen LogP contribution in [0.2, 0.25) is 0 Å². The van der Waals surface area contributed by atoms with Crippen molar-refractivity contribution in [3.8, 4) is 5.75 Å². The van der Waals surface area contributed by atoms with Crippen LogP contribution in [0.3, 0.4) is 0 Å². The minimum Gasteiger partial charge on any atom is -0.491 e. The number of ether oxygens (including phenoxy) is 1. The summed E-state index contributed by atoms with van der Waals surface area (Å²) in [7, 11) is 0. The Balaban J connectivity index is 2.00. The molecule has 1 heterocycles. The van der Waals surface area contributed by atoms with Crippen LogP contribution in [-0.2, 0) is 21.7 Å². The van der Waals surface area contributed by atoms with Gasteiger partial charge < -0.3 is 14.7 Å². The number of carbonyl (C=O) groups is 2. The van der Waals surface area contributed by atoms with Gasteiger partial charge in [0, 0.05) is 12.0 Å². The van der Waals surface area contributed by atoms with Gasteiger partial charge in [0.15, 0.2) is 5.60 Å². The second kappa shape index (κ2) is 7.40. The smallest absolute Gasteiger partial charge is 0.264 e. The van der Waals surface area contributed by atoms with E-state index in [4.69, 9.17) is 4.74 Å². The molecule has 1 N–H and O–H groups in total. The van der Waals surface area contributed by atoms with Crippen molar-refractivity contribution in [2.24, 2.45) is 0 Å². The Labute approximate surface area is 165 Å². The van der Waals surface area contributed by atoms with Crippen LogP contribution in [0.25, 0.3) is 0 Å². The maximum Gasteiger partial charge on any atom is 0.264 e. The summed E-state index contributed by atoms with van der Waals surface area (Å²) in [5, 5.41) is 11.2. The highest BCUT2D eigenvalue weighted by Crippen LogP contribution is 2.46. The first kappa shape index (κ1) is 20.1. The molecular weight excluding hydrogens is 354 g/mol. The van der Waals surface area contributed by atoms with E-state index in [1.54, 1.807) is 4.90 Å². The number of fused-ring (bicyclic) bond motifs is 1. The van der Waals surface area contributed by atoms with Crippen LogP contribution in [0.5, 0.6) is 5.75 Å². The monoisotopic (exact) mass is 381 g/mol. The maximum absolute atomic E-state index is 13.2. The fraction of sp³-hybridized carbons (Fsp3) is 0.391. The van der Waals surface area contributed by atoms with Crippen LogP contribution in [0.15, 0.2) is 36.4 Å². The van der Waals surface area contributed by atoms with Crippen molar-refractivity contribution in [3.63, 3.8) is 0 Å². The van der Waals surface area contributed by atoms with E-state index in [0.717, 1.165) is 22.4 Å². The molecule has 3 rings (SSSR count). The third-order valence-electron chi connectivity index (χ3n) is 5.01. The van der Waals surface area contributed by atoms with Crippen LogP contribution in [-0.4, -0.2) is 22.9 Å². The molecule has 1 aliphatic rings. The van der Waals surface area contributed by atoms with E-state index in [1.165, 1.54) is 6.92 Å². The van der Waals surface area contributed by atoms with E-state index in [2.05, 4.69) is 0 Å². The summed E-state index contributed by atoms with van der Waals surface area (Å²) in [6.07, 6.45) is -0.133. The number of aryl methyl sites for hydroxylation is 2. The van der Waals surface area contributed by atoms with Crippen LogP contribution in [0.4, 0.5) is 5.69 Å². The highest BCUT2D eigenvalue weighted by Gasteiger charge is 2.51. The maximum atomic E-state index is 13.2. The van der Waals surface area contributed by atoms with E-state index in [0.29, 0.717) is 17.8 Å². The Morgan fingerprint density at radius 1 is 1.11 bits per heavy atom. The van der Waals surface area contributed by atoms with Crippen molar-refractivity contribution in [1.82, 2.24) is 0 Å². The molecule has 2 aromatic carbocycles. The van der Waals surface area contributed by atoms with Gasteiger partial charge in [0.1, 0.15) is 11.5 Å². The van der Waals surface area contributed by atoms with Crippen molar-refractivity contribution in [1.29, 1.82) is 0 Å². The van der Waals surface area contributed by atoms with Gasteiger partial charge in [0.05, 0.1) is 18.3 Å². The Bertz CT molecular complexity index is 917. The standard InChI is InChI=1S/C23H27NO4/c1-14(2)28-19-10-8-18(9-11-19)13-24-21-16(4)7-6-15(3)20(21)23(27,22(24)26)12-17(5)25/h6-11,14,27H,12-13H2,1-5H3. The Kier molecular flexibility index (Phi) is 5.31. The van der Waals surface area contributed by atoms with Crippen molar-refractivity contribution >= 4 is 17.4 Å². The van der Waals surface area contributed by atoms with Crippen molar-refractivity contribution in [3.05, 3.63) is 58.7 Å². The van der Waals surface area contributed by atoms with Crippen molar-refractivity contribution in [2.75, 3.05) is 4.90 Å². The lowest BCUT2D eigenvalue weighted by Crippen LogP contribution is -2.41. The summed E-state index contributed by atoms with van der Waals surface area (Å²) in [5.41, 5.74) is 2.07. The zero-order chi connectivity index (χ0) is 20.6. The van der Waals surface area contributed by atoms with E-state index in [1.807, 2.05) is 64.1 Å². The first-order chi connectivity index (χ1) is 13.1. The minimum atomic E-state index is -1.81. The molecule has 0 aromatic heterocycles. The Hall–Kier alpha value is -2.66. The number of hydrogen-bond acceptors (Lipinski definition) is 4. The molecule has 0 aliphatic carbocycles. The Morgan fingerprint density at radius 3 is 2.29 bits per heavy atom. The third kappa shape index (κ3) is 3.54. The molecule has 1 unspecified atom stereocenters. The molecule has 148 valence electrons. The van der Waals surface area contributed by atoms with Gasteiger partial charge in [-0.25, -0.2) is 0 Å². The molecule has 2 aromatic rings. The first-order valence-corrected chi connectivity index (χ1v) is 9.53. The molecule has 0 fully saturated rings. The molecule has 5 nitrogen and oxygen atoms in total. The second-order valence-corrected chi connectivity index (χ2v) is 7.86. The number of carbonyl (C=O) groups excluding carboxylic acids is 2. The van der Waals surface area contributed by atoms with Gasteiger partial charge in [-0.15, -0.1) is 0 Å². The molecule has 0 spiro atoms. The number of anilines is 1. The van der Waals surface area contributed by atoms with E-state index < -0.39 is 11.5 Å². The molecule has 5 heteroatoms. The SMILES string of the molecule is CC(=O)CC1(O)C(=O)N(Cc2ccc(OC(C)C)cc2)c2c(C)ccc(C)c21. The molecule has 0 radical (unpaired) electrons. The van der Waals surface area contributed by atoms with Gasteiger partial charge in [-0.05, 0) is 63.4 Å². The number of aliphatic hydroxyl groups is 1. The van der Waals surface area contributed by atoms with E-state index in [-0.39, 0.29) is 18.3 Å². The van der Waals surface area contributed by atoms with Crippen molar-refractivity contribution < 1.29 is 19.4 Å². The summed E-state index contributed by atoms with van der Waals surface area (Å²) >= 11 is 0. The lowest BCUT2D eigenvalue weighted by atomic mass is 9.86. The molecule has 28 heavy (non-hydrogen) atoms. The van der Waals surface area contributed by atoms with Gasteiger partial charge in [0.25, 0.3) is 5.91 Å². The molecule has 1 amide bonds. The van der Waals surface area contributed by atoms with E-state index >= 15 is 0 Å². The van der Waals surface area contributed by atoms with Crippen molar-refractivity contribution in [2.45, 2.75) is 59.3 Å². The van der Waals surface area contributed by atoms with Gasteiger partial charge in [0.2, 0.25) is 0 Å². The Morgan fingerprint density at radius 2 is 1.71 bits per heavy atom. The number of amides is 1. The number of hydrogen-bond donors (Lipinski definition) is 1. The molecule has 0 saturated carbocycles. The van der Waals surface area contributed by atoms with Crippen LogP contribution >= 0.6 is 0 Å². The topological polar surface area (TPSA) is 66.8 Å². The van der Waals surface area contributed by atoms with Gasteiger partial charge in [-0.1, -0.05) is 24.3 Å². The number of nitrogens with zero attached hydrogens (tertiary/aromatic N) is 1. The fourth-order valence-electron chi connectivity index (χ4n) is 3.90. The first-order valence-electron chi connectivity index (χ1n) is 9.53. The quantitative estimate of drug-likeness (QED) is 0.826. The van der Waals surface area contributed by atoms with Crippen LogP contribution < -0.4 is 9.64 Å². The zero-order valence-electron chi connectivity index (χ0n) is 17.1. The predicted molar refractivity (Wildman–Crippen MR) is 109 cm³/mol. The molecule has 1 atom stereocenters. The van der Waals surface area contributed by atoms with Crippen LogP contribution in [0.1, 0.15) is 49.4 Å². The second-order valence-electron chi connectivity index (χ2n) is 7.86. The van der Waals surface area contributed by atoms with E-state index in [9.17, 15) is 14.7 Å². The number of rotatable bonds is 6. The summed E-state index contributed by atoms with van der Waals surface area (Å²) in [6, 6.07) is 11.4. The average molecular weight is 381 g/mol. The van der Waals surface area contributed by atoms with Gasteiger partial charge in [-0.2, -0.15) is 0 Å². The van der Waals surface area contributed by atoms with Crippen LogP contribution in [0, 0.1) is 13.8 Å². The fourth-order valence-corrected chi connectivity index (χ4v) is 3.90. The largest absolute Gasteiger partial charge is 0.491 e. The van der Waals surface area contributed by atoms with Gasteiger partial charge in [-0.3, -0.25) is 9.59 Å². The molecular formula is C23H27NO4. The van der Waals surface area contributed by atoms with Gasteiger partial charge >= 0.3 is 0 Å². The average Bonchev–Trinajstić information content (AvgIpc) is 2.81. The summed E-state index contributed by atoms with van der Waals surface area (Å²) < 4.78 is 5.67. The summed E-state index contributed by atoms with van der Waals surface area (Å²) in [5.74, 6) is 0.101. The summed E-state index contributed by atoms with van der Waals surface area (Å²) in [4.78, 5) is 26.6. The minimum absolute atomic E-state index is 0.0881. The molecule has 1 aliphatic heterocycles. The molecule has 0 bridgehead atoms. The molecule has 0 saturated heterocycles. The third-order valence-corrected chi connectivity index (χ3v) is 5.01. The summed E-state index contributed by atoms with van der Waals surface area (Å²) in [6.45, 7) is 9.42. The lowest BCUT2D eigenvalue weighted by Gasteiger charge is -2.23.